The lowest BCUT2D eigenvalue weighted by atomic mass is 10.2. The van der Waals surface area contributed by atoms with Gasteiger partial charge in [0.15, 0.2) is 0 Å². The Morgan fingerprint density at radius 1 is 1.48 bits per heavy atom. The van der Waals surface area contributed by atoms with Crippen molar-refractivity contribution in [2.24, 2.45) is 0 Å². The van der Waals surface area contributed by atoms with Gasteiger partial charge in [-0.1, -0.05) is 0 Å². The highest BCUT2D eigenvalue weighted by Gasteiger charge is 2.17. The molecule has 1 amide bonds. The van der Waals surface area contributed by atoms with Gasteiger partial charge in [-0.2, -0.15) is 9.78 Å². The van der Waals surface area contributed by atoms with Crippen molar-refractivity contribution in [1.29, 1.82) is 0 Å². The van der Waals surface area contributed by atoms with Crippen molar-refractivity contribution >= 4 is 11.7 Å². The quantitative estimate of drug-likeness (QED) is 0.615. The average molecular weight is 320 g/mol. The summed E-state index contributed by atoms with van der Waals surface area (Å²) < 4.78 is 3.26. The summed E-state index contributed by atoms with van der Waals surface area (Å²) in [4.78, 5) is 22.1. The van der Waals surface area contributed by atoms with Gasteiger partial charge in [-0.05, 0) is 31.8 Å². The van der Waals surface area contributed by atoms with E-state index in [0.717, 1.165) is 12.2 Å². The van der Waals surface area contributed by atoms with E-state index in [1.165, 1.54) is 10.7 Å². The summed E-state index contributed by atoms with van der Waals surface area (Å²) in [5, 5.41) is 21.7. The lowest BCUT2D eigenvalue weighted by molar-refractivity contribution is -0.389. The zero-order valence-electron chi connectivity index (χ0n) is 13.4. The number of nitrogens with zero attached hydrogens (tertiary/aromatic N) is 5. The summed E-state index contributed by atoms with van der Waals surface area (Å²) in [6.07, 6.45) is 2.06. The Balaban J connectivity index is 1.88. The number of carbonyl (C=O) groups is 1. The first kappa shape index (κ1) is 16.7. The average Bonchev–Trinajstić information content (AvgIpc) is 3.11. The molecule has 9 heteroatoms. The van der Waals surface area contributed by atoms with Crippen molar-refractivity contribution in [2.75, 3.05) is 0 Å². The largest absolute Gasteiger partial charge is 0.390 e. The molecule has 9 nitrogen and oxygen atoms in total. The molecule has 1 unspecified atom stereocenters. The molecule has 0 radical (unpaired) electrons. The molecule has 2 heterocycles. The molecule has 0 saturated carbocycles. The van der Waals surface area contributed by atoms with Crippen LogP contribution in [0.25, 0.3) is 0 Å². The first-order chi connectivity index (χ1) is 10.9. The van der Waals surface area contributed by atoms with E-state index in [1.54, 1.807) is 11.6 Å². The van der Waals surface area contributed by atoms with Gasteiger partial charge in [-0.25, -0.2) is 0 Å². The SMILES string of the molecule is CCn1ccc(C(C)NC(=O)CCn2nc([N+](=O)[O-])cc2C)n1. The lowest BCUT2D eigenvalue weighted by Crippen LogP contribution is -2.28. The summed E-state index contributed by atoms with van der Waals surface area (Å²) in [6.45, 7) is 6.65. The van der Waals surface area contributed by atoms with Crippen LogP contribution in [0.5, 0.6) is 0 Å². The molecule has 2 rings (SSSR count). The van der Waals surface area contributed by atoms with Gasteiger partial charge in [0, 0.05) is 19.2 Å². The number of aryl methyl sites for hydroxylation is 3. The highest BCUT2D eigenvalue weighted by atomic mass is 16.6. The van der Waals surface area contributed by atoms with Gasteiger partial charge in [0.1, 0.15) is 0 Å². The first-order valence-corrected chi connectivity index (χ1v) is 7.42. The highest BCUT2D eigenvalue weighted by molar-refractivity contribution is 5.76. The van der Waals surface area contributed by atoms with Crippen molar-refractivity contribution in [2.45, 2.75) is 46.3 Å². The topological polar surface area (TPSA) is 108 Å². The first-order valence-electron chi connectivity index (χ1n) is 7.42. The van der Waals surface area contributed by atoms with Crippen molar-refractivity contribution < 1.29 is 9.72 Å². The van der Waals surface area contributed by atoms with Crippen LogP contribution >= 0.6 is 0 Å². The van der Waals surface area contributed by atoms with Crippen molar-refractivity contribution in [3.05, 3.63) is 39.8 Å². The summed E-state index contributed by atoms with van der Waals surface area (Å²) in [6, 6.07) is 3.07. The Morgan fingerprint density at radius 2 is 2.22 bits per heavy atom. The number of carbonyl (C=O) groups excluding carboxylic acids is 1. The third kappa shape index (κ3) is 4.15. The molecule has 1 atom stereocenters. The van der Waals surface area contributed by atoms with Crippen LogP contribution < -0.4 is 5.32 Å². The molecular formula is C14H20N6O3. The Bertz CT molecular complexity index is 705. The van der Waals surface area contributed by atoms with Gasteiger partial charge >= 0.3 is 5.82 Å². The molecular weight excluding hydrogens is 300 g/mol. The van der Waals surface area contributed by atoms with Crippen LogP contribution in [0, 0.1) is 17.0 Å². The third-order valence-corrected chi connectivity index (χ3v) is 3.51. The molecule has 0 fully saturated rings. The number of nitro groups is 1. The lowest BCUT2D eigenvalue weighted by Gasteiger charge is -2.11. The normalized spacial score (nSPS) is 12.1. The van der Waals surface area contributed by atoms with Gasteiger partial charge in [-0.15, -0.1) is 0 Å². The second-order valence-electron chi connectivity index (χ2n) is 5.26. The van der Waals surface area contributed by atoms with E-state index in [9.17, 15) is 14.9 Å². The van der Waals surface area contributed by atoms with Crippen LogP contribution in [0.15, 0.2) is 18.3 Å². The van der Waals surface area contributed by atoms with E-state index >= 15 is 0 Å². The van der Waals surface area contributed by atoms with E-state index < -0.39 is 4.92 Å². The van der Waals surface area contributed by atoms with Crippen LogP contribution in [0.1, 0.15) is 37.7 Å². The van der Waals surface area contributed by atoms with E-state index in [0.29, 0.717) is 12.2 Å². The Labute approximate surface area is 133 Å². The van der Waals surface area contributed by atoms with E-state index in [1.807, 2.05) is 26.1 Å². The van der Waals surface area contributed by atoms with Gasteiger partial charge in [0.25, 0.3) is 0 Å². The van der Waals surface area contributed by atoms with E-state index in [-0.39, 0.29) is 24.2 Å². The fourth-order valence-corrected chi connectivity index (χ4v) is 2.19. The summed E-state index contributed by atoms with van der Waals surface area (Å²) in [5.74, 6) is -0.359. The van der Waals surface area contributed by atoms with Gasteiger partial charge in [0.05, 0.1) is 35.1 Å². The second kappa shape index (κ2) is 7.03. The molecule has 1 N–H and O–H groups in total. The number of hydrogen-bond donors (Lipinski definition) is 1. The molecule has 0 spiro atoms. The van der Waals surface area contributed by atoms with Crippen LogP contribution in [0.2, 0.25) is 0 Å². The van der Waals surface area contributed by atoms with Crippen molar-refractivity contribution in [3.8, 4) is 0 Å². The van der Waals surface area contributed by atoms with E-state index in [4.69, 9.17) is 0 Å². The Kier molecular flexibility index (Phi) is 5.09. The number of nitrogens with one attached hydrogen (secondary N) is 1. The number of rotatable bonds is 7. The predicted octanol–water partition coefficient (Wildman–Crippen LogP) is 1.58. The molecule has 0 aromatic carbocycles. The van der Waals surface area contributed by atoms with Crippen LogP contribution in [0.4, 0.5) is 5.82 Å². The van der Waals surface area contributed by atoms with Crippen LogP contribution in [-0.2, 0) is 17.9 Å². The molecule has 2 aromatic heterocycles. The standard InChI is InChI=1S/C14H20N6O3/c1-4-18-7-5-12(16-18)11(3)15-14(21)6-8-19-10(2)9-13(17-19)20(22)23/h5,7,9,11H,4,6,8H2,1-3H3,(H,15,21). The van der Waals surface area contributed by atoms with Gasteiger partial charge in [0.2, 0.25) is 5.91 Å². The zero-order chi connectivity index (χ0) is 17.0. The number of hydrogen-bond acceptors (Lipinski definition) is 5. The molecule has 0 aliphatic rings. The Morgan fingerprint density at radius 3 is 2.78 bits per heavy atom. The molecule has 23 heavy (non-hydrogen) atoms. The second-order valence-corrected chi connectivity index (χ2v) is 5.26. The molecule has 0 saturated heterocycles. The minimum atomic E-state index is -0.546. The fraction of sp³-hybridized carbons (Fsp3) is 0.500. The van der Waals surface area contributed by atoms with Gasteiger partial charge in [-0.3, -0.25) is 9.48 Å². The smallest absolute Gasteiger partial charge is 0.358 e. The molecule has 0 bridgehead atoms. The maximum absolute atomic E-state index is 12.0. The minimum Gasteiger partial charge on any atom is -0.358 e. The maximum Gasteiger partial charge on any atom is 0.390 e. The number of aromatic nitrogens is 4. The van der Waals surface area contributed by atoms with Crippen molar-refractivity contribution in [1.82, 2.24) is 24.9 Å². The monoisotopic (exact) mass is 320 g/mol. The molecule has 0 aliphatic heterocycles. The van der Waals surface area contributed by atoms with Crippen LogP contribution in [0.3, 0.4) is 0 Å². The molecule has 124 valence electrons. The highest BCUT2D eigenvalue weighted by Crippen LogP contribution is 2.12. The fourth-order valence-electron chi connectivity index (χ4n) is 2.19. The van der Waals surface area contributed by atoms with E-state index in [2.05, 4.69) is 15.5 Å². The Hall–Kier alpha value is -2.71. The van der Waals surface area contributed by atoms with Crippen LogP contribution in [-0.4, -0.2) is 30.4 Å². The number of amides is 1. The summed E-state index contributed by atoms with van der Waals surface area (Å²) >= 11 is 0. The summed E-state index contributed by atoms with van der Waals surface area (Å²) in [5.41, 5.74) is 1.45. The minimum absolute atomic E-state index is 0.152. The maximum atomic E-state index is 12.0. The van der Waals surface area contributed by atoms with Crippen molar-refractivity contribution in [3.63, 3.8) is 0 Å². The molecule has 2 aromatic rings. The summed E-state index contributed by atoms with van der Waals surface area (Å²) in [7, 11) is 0. The van der Waals surface area contributed by atoms with Gasteiger partial charge < -0.3 is 15.4 Å². The third-order valence-electron chi connectivity index (χ3n) is 3.51. The predicted molar refractivity (Wildman–Crippen MR) is 82.7 cm³/mol. The zero-order valence-corrected chi connectivity index (χ0v) is 13.4. The molecule has 0 aliphatic carbocycles.